The Bertz CT molecular complexity index is 248. The van der Waals surface area contributed by atoms with E-state index in [-0.39, 0.29) is 6.61 Å². The first-order valence-corrected chi connectivity index (χ1v) is 2.69. The van der Waals surface area contributed by atoms with Crippen LogP contribution in [0.4, 0.5) is 0 Å². The maximum Gasteiger partial charge on any atom is 0.160 e. The number of rotatable bonds is 2. The Labute approximate surface area is 58.6 Å². The van der Waals surface area contributed by atoms with E-state index in [9.17, 15) is 0 Å². The molecule has 0 aromatic carbocycles. The summed E-state index contributed by atoms with van der Waals surface area (Å²) in [5.41, 5.74) is 0. The maximum atomic E-state index is 5.22. The van der Waals surface area contributed by atoms with E-state index in [1.165, 1.54) is 12.4 Å². The van der Waals surface area contributed by atoms with Gasteiger partial charge in [0.1, 0.15) is 6.61 Å². The molecule has 0 aliphatic heterocycles. The van der Waals surface area contributed by atoms with Crippen molar-refractivity contribution in [1.29, 1.82) is 0 Å². The molecule has 52 valence electrons. The molecule has 2 N–H and O–H groups in total. The van der Waals surface area contributed by atoms with Crippen molar-refractivity contribution >= 4 is 0 Å². The third kappa shape index (κ3) is 1.42. The van der Waals surface area contributed by atoms with Gasteiger partial charge < -0.3 is 10.6 Å². The van der Waals surface area contributed by atoms with Crippen LogP contribution < -0.4 is 10.6 Å². The summed E-state index contributed by atoms with van der Waals surface area (Å²) in [6.07, 6.45) is 7.99. The van der Waals surface area contributed by atoms with Crippen LogP contribution in [0.5, 0.6) is 5.75 Å². The predicted molar refractivity (Wildman–Crippen MR) is 36.7 cm³/mol. The zero-order chi connectivity index (χ0) is 7.40. The highest BCUT2D eigenvalue weighted by Gasteiger charge is 1.93. The zero-order valence-electron chi connectivity index (χ0n) is 5.32. The lowest BCUT2D eigenvalue weighted by Gasteiger charge is -1.93. The topological polar surface area (TPSA) is 53.1 Å². The zero-order valence-corrected chi connectivity index (χ0v) is 5.32. The molecule has 10 heavy (non-hydrogen) atoms. The Balaban J connectivity index is 2.52. The maximum absolute atomic E-state index is 5.22. The standard InChI is InChI=1S/C6H7N3O/c1-2-3-10-6-4-8-9(7)5-6/h1,4-5H,3,7H2. The Hall–Kier alpha value is -1.63. The van der Waals surface area contributed by atoms with E-state index in [4.69, 9.17) is 17.0 Å². The van der Waals surface area contributed by atoms with Crippen molar-refractivity contribution in [3.63, 3.8) is 0 Å². The summed E-state index contributed by atoms with van der Waals surface area (Å²) in [7, 11) is 0. The SMILES string of the molecule is C#CCOc1cnn(N)c1. The lowest BCUT2D eigenvalue weighted by molar-refractivity contribution is 0.370. The minimum Gasteiger partial charge on any atom is -0.478 e. The second kappa shape index (κ2) is 2.78. The minimum atomic E-state index is 0.242. The third-order valence-electron chi connectivity index (χ3n) is 0.900. The minimum absolute atomic E-state index is 0.242. The Morgan fingerprint density at radius 1 is 1.90 bits per heavy atom. The molecule has 1 heterocycles. The van der Waals surface area contributed by atoms with Crippen molar-refractivity contribution in [2.45, 2.75) is 0 Å². The fourth-order valence-corrected chi connectivity index (χ4v) is 0.520. The number of ether oxygens (including phenoxy) is 1. The molecule has 0 spiro atoms. The number of hydrogen-bond donors (Lipinski definition) is 1. The highest BCUT2D eigenvalue weighted by Crippen LogP contribution is 2.04. The molecule has 1 aromatic rings. The van der Waals surface area contributed by atoms with Gasteiger partial charge in [-0.2, -0.15) is 9.89 Å². The molecule has 0 radical (unpaired) electrons. The monoisotopic (exact) mass is 137 g/mol. The fraction of sp³-hybridized carbons (Fsp3) is 0.167. The molecule has 4 nitrogen and oxygen atoms in total. The van der Waals surface area contributed by atoms with Gasteiger partial charge >= 0.3 is 0 Å². The van der Waals surface area contributed by atoms with E-state index in [1.807, 2.05) is 0 Å². The first-order valence-electron chi connectivity index (χ1n) is 2.69. The van der Waals surface area contributed by atoms with Gasteiger partial charge in [-0.25, -0.2) is 0 Å². The van der Waals surface area contributed by atoms with Gasteiger partial charge in [-0.05, 0) is 0 Å². The van der Waals surface area contributed by atoms with Crippen LogP contribution in [0.25, 0.3) is 0 Å². The number of nitrogens with zero attached hydrogens (tertiary/aromatic N) is 2. The lowest BCUT2D eigenvalue weighted by atomic mass is 10.6. The fourth-order valence-electron chi connectivity index (χ4n) is 0.520. The average Bonchev–Trinajstić information content (AvgIpc) is 2.31. The second-order valence-electron chi connectivity index (χ2n) is 1.65. The van der Waals surface area contributed by atoms with E-state index >= 15 is 0 Å². The quantitative estimate of drug-likeness (QED) is 0.446. The summed E-state index contributed by atoms with van der Waals surface area (Å²) in [5, 5.41) is 3.67. The van der Waals surface area contributed by atoms with E-state index in [0.29, 0.717) is 5.75 Å². The molecule has 0 aliphatic rings. The number of hydrogen-bond acceptors (Lipinski definition) is 3. The normalized spacial score (nSPS) is 8.70. The van der Waals surface area contributed by atoms with Gasteiger partial charge in [0.25, 0.3) is 0 Å². The van der Waals surface area contributed by atoms with Crippen molar-refractivity contribution in [1.82, 2.24) is 9.89 Å². The van der Waals surface area contributed by atoms with Crippen LogP contribution in [0.2, 0.25) is 0 Å². The Kier molecular flexibility index (Phi) is 1.80. The van der Waals surface area contributed by atoms with E-state index < -0.39 is 0 Å². The van der Waals surface area contributed by atoms with Gasteiger partial charge in [0.2, 0.25) is 0 Å². The molecule has 0 saturated heterocycles. The number of nitrogens with two attached hydrogens (primary N) is 1. The van der Waals surface area contributed by atoms with Gasteiger partial charge in [-0.15, -0.1) is 6.42 Å². The second-order valence-corrected chi connectivity index (χ2v) is 1.65. The summed E-state index contributed by atoms with van der Waals surface area (Å²) >= 11 is 0. The molecule has 4 heteroatoms. The van der Waals surface area contributed by atoms with Gasteiger partial charge in [0, 0.05) is 0 Å². The Morgan fingerprint density at radius 2 is 2.70 bits per heavy atom. The van der Waals surface area contributed by atoms with Crippen molar-refractivity contribution in [2.24, 2.45) is 0 Å². The van der Waals surface area contributed by atoms with Crippen molar-refractivity contribution in [3.8, 4) is 18.1 Å². The molecule has 1 aromatic heterocycles. The van der Waals surface area contributed by atoms with E-state index in [1.54, 1.807) is 0 Å². The van der Waals surface area contributed by atoms with Crippen LogP contribution in [0.15, 0.2) is 12.4 Å². The number of terminal acetylenes is 1. The summed E-state index contributed by atoms with van der Waals surface area (Å²) in [5.74, 6) is 8.13. The molecule has 0 atom stereocenters. The predicted octanol–water partition coefficient (Wildman–Crippen LogP) is -0.391. The summed E-state index contributed by atoms with van der Waals surface area (Å²) < 4.78 is 4.98. The molecule has 0 saturated carbocycles. The molecule has 0 amide bonds. The first-order chi connectivity index (χ1) is 4.83. The summed E-state index contributed by atoms with van der Waals surface area (Å²) in [4.78, 5) is 1.16. The van der Waals surface area contributed by atoms with Crippen LogP contribution >= 0.6 is 0 Å². The van der Waals surface area contributed by atoms with Crippen LogP contribution in [0.3, 0.4) is 0 Å². The smallest absolute Gasteiger partial charge is 0.160 e. The van der Waals surface area contributed by atoms with E-state index in [0.717, 1.165) is 4.79 Å². The van der Waals surface area contributed by atoms with Crippen LogP contribution in [-0.2, 0) is 0 Å². The molecule has 1 rings (SSSR count). The lowest BCUT2D eigenvalue weighted by Crippen LogP contribution is -2.07. The van der Waals surface area contributed by atoms with Gasteiger partial charge in [0.15, 0.2) is 5.75 Å². The number of aromatic nitrogens is 2. The Morgan fingerprint density at radius 3 is 3.20 bits per heavy atom. The van der Waals surface area contributed by atoms with Crippen molar-refractivity contribution < 1.29 is 4.74 Å². The van der Waals surface area contributed by atoms with Crippen LogP contribution in [0, 0.1) is 12.3 Å². The molecule has 0 unspecified atom stereocenters. The van der Waals surface area contributed by atoms with Gasteiger partial charge in [0.05, 0.1) is 12.4 Å². The first kappa shape index (κ1) is 6.49. The number of nitrogen functional groups attached to an aromatic ring is 1. The average molecular weight is 137 g/mol. The largest absolute Gasteiger partial charge is 0.478 e. The highest BCUT2D eigenvalue weighted by atomic mass is 16.5. The molecular weight excluding hydrogens is 130 g/mol. The third-order valence-corrected chi connectivity index (χ3v) is 0.900. The van der Waals surface area contributed by atoms with Gasteiger partial charge in [-0.3, -0.25) is 0 Å². The molecule has 0 bridgehead atoms. The summed E-state index contributed by atoms with van der Waals surface area (Å²) in [6.45, 7) is 0.242. The van der Waals surface area contributed by atoms with Crippen molar-refractivity contribution in [2.75, 3.05) is 12.4 Å². The summed E-state index contributed by atoms with van der Waals surface area (Å²) in [6, 6.07) is 0. The van der Waals surface area contributed by atoms with E-state index in [2.05, 4.69) is 11.0 Å². The molecular formula is C6H7N3O. The van der Waals surface area contributed by atoms with Crippen LogP contribution in [0.1, 0.15) is 0 Å². The molecule has 0 aliphatic carbocycles. The van der Waals surface area contributed by atoms with Crippen LogP contribution in [-0.4, -0.2) is 16.5 Å². The molecule has 0 fully saturated rings. The van der Waals surface area contributed by atoms with Gasteiger partial charge in [-0.1, -0.05) is 5.92 Å². The highest BCUT2D eigenvalue weighted by molar-refractivity contribution is 5.12. The van der Waals surface area contributed by atoms with Crippen molar-refractivity contribution in [3.05, 3.63) is 12.4 Å².